The van der Waals surface area contributed by atoms with Crippen LogP contribution in [0.4, 0.5) is 0 Å². The second kappa shape index (κ2) is 8.39. The van der Waals surface area contributed by atoms with Crippen LogP contribution in [-0.2, 0) is 17.8 Å². The van der Waals surface area contributed by atoms with Gasteiger partial charge in [-0.1, -0.05) is 6.07 Å². The molecule has 1 amide bonds. The number of ether oxygens (including phenoxy) is 3. The Hall–Kier alpha value is -1.73. The van der Waals surface area contributed by atoms with Crippen LogP contribution < -0.4 is 14.2 Å². The Morgan fingerprint density at radius 3 is 2.33 bits per heavy atom. The Labute approximate surface area is 154 Å². The summed E-state index contributed by atoms with van der Waals surface area (Å²) in [5.41, 5.74) is 0.763. The predicted octanol–water partition coefficient (Wildman–Crippen LogP) is 3.74. The SMILES string of the molecule is COc1ccc(CC(=O)N(C)Cc2ccc(Br)s2)c(OC)c1OC. The number of carbonyl (C=O) groups is 1. The molecule has 0 spiro atoms. The molecule has 5 nitrogen and oxygen atoms in total. The molecule has 0 fully saturated rings. The number of thiophene rings is 1. The van der Waals surface area contributed by atoms with Gasteiger partial charge in [-0.2, -0.15) is 0 Å². The summed E-state index contributed by atoms with van der Waals surface area (Å²) < 4.78 is 17.1. The van der Waals surface area contributed by atoms with E-state index in [0.717, 1.165) is 14.2 Å². The van der Waals surface area contributed by atoms with Gasteiger partial charge in [0.1, 0.15) is 0 Å². The minimum absolute atomic E-state index is 0.00467. The number of hydrogen-bond donors (Lipinski definition) is 0. The first-order valence-electron chi connectivity index (χ1n) is 7.26. The van der Waals surface area contributed by atoms with E-state index in [1.54, 1.807) is 50.7 Å². The lowest BCUT2D eigenvalue weighted by atomic mass is 10.1. The van der Waals surface area contributed by atoms with Gasteiger partial charge in [0, 0.05) is 17.5 Å². The molecule has 0 saturated heterocycles. The summed E-state index contributed by atoms with van der Waals surface area (Å²) in [4.78, 5) is 15.4. The standard InChI is InChI=1S/C17H20BrNO4S/c1-19(10-12-6-8-14(18)24-12)15(20)9-11-5-7-13(21-2)17(23-4)16(11)22-3/h5-8H,9-10H2,1-4H3. The van der Waals surface area contributed by atoms with Crippen molar-refractivity contribution in [3.63, 3.8) is 0 Å². The van der Waals surface area contributed by atoms with Crippen LogP contribution in [0.25, 0.3) is 0 Å². The molecule has 0 aliphatic carbocycles. The first-order valence-corrected chi connectivity index (χ1v) is 8.87. The van der Waals surface area contributed by atoms with Gasteiger partial charge in [0.05, 0.1) is 38.1 Å². The highest BCUT2D eigenvalue weighted by Gasteiger charge is 2.19. The van der Waals surface area contributed by atoms with Gasteiger partial charge in [-0.25, -0.2) is 0 Å². The lowest BCUT2D eigenvalue weighted by molar-refractivity contribution is -0.129. The third-order valence-electron chi connectivity index (χ3n) is 3.58. The van der Waals surface area contributed by atoms with Crippen LogP contribution in [0, 0.1) is 0 Å². The van der Waals surface area contributed by atoms with Crippen LogP contribution in [-0.4, -0.2) is 39.2 Å². The summed E-state index contributed by atoms with van der Waals surface area (Å²) in [7, 11) is 6.46. The number of benzene rings is 1. The third-order valence-corrected chi connectivity index (χ3v) is 5.18. The fourth-order valence-corrected chi connectivity index (χ4v) is 3.90. The third kappa shape index (κ3) is 4.21. The Morgan fingerprint density at radius 2 is 1.79 bits per heavy atom. The maximum atomic E-state index is 12.5. The fourth-order valence-electron chi connectivity index (χ4n) is 2.36. The molecule has 0 bridgehead atoms. The van der Waals surface area contributed by atoms with Gasteiger partial charge in [0.15, 0.2) is 11.5 Å². The fraction of sp³-hybridized carbons (Fsp3) is 0.353. The minimum Gasteiger partial charge on any atom is -0.493 e. The lowest BCUT2D eigenvalue weighted by Gasteiger charge is -2.19. The highest BCUT2D eigenvalue weighted by Crippen LogP contribution is 2.40. The van der Waals surface area contributed by atoms with E-state index in [-0.39, 0.29) is 12.3 Å². The summed E-state index contributed by atoms with van der Waals surface area (Å²) in [5.74, 6) is 1.60. The predicted molar refractivity (Wildman–Crippen MR) is 98.3 cm³/mol. The Balaban J connectivity index is 2.15. The van der Waals surface area contributed by atoms with E-state index in [2.05, 4.69) is 15.9 Å². The van der Waals surface area contributed by atoms with E-state index in [0.29, 0.717) is 23.8 Å². The Bertz CT molecular complexity index is 717. The van der Waals surface area contributed by atoms with Crippen LogP contribution in [0.5, 0.6) is 17.2 Å². The zero-order valence-electron chi connectivity index (χ0n) is 14.1. The molecule has 2 rings (SSSR count). The van der Waals surface area contributed by atoms with E-state index in [1.165, 1.54) is 0 Å². The summed E-state index contributed by atoms with van der Waals surface area (Å²) >= 11 is 5.05. The maximum Gasteiger partial charge on any atom is 0.227 e. The molecule has 0 aliphatic heterocycles. The van der Waals surface area contributed by atoms with Crippen molar-refractivity contribution in [2.75, 3.05) is 28.4 Å². The number of halogens is 1. The number of nitrogens with zero attached hydrogens (tertiary/aromatic N) is 1. The van der Waals surface area contributed by atoms with Crippen LogP contribution in [0.2, 0.25) is 0 Å². The molecule has 0 saturated carbocycles. The molecule has 1 aromatic heterocycles. The van der Waals surface area contributed by atoms with E-state index in [9.17, 15) is 4.79 Å². The molecule has 7 heteroatoms. The first-order chi connectivity index (χ1) is 11.5. The average molecular weight is 414 g/mol. The van der Waals surface area contributed by atoms with Crippen molar-refractivity contribution in [2.45, 2.75) is 13.0 Å². The van der Waals surface area contributed by atoms with Gasteiger partial charge in [0.2, 0.25) is 11.7 Å². The molecule has 1 aromatic carbocycles. The second-order valence-corrected chi connectivity index (χ2v) is 7.67. The zero-order valence-corrected chi connectivity index (χ0v) is 16.5. The molecule has 130 valence electrons. The van der Waals surface area contributed by atoms with Gasteiger partial charge >= 0.3 is 0 Å². The van der Waals surface area contributed by atoms with Crippen molar-refractivity contribution in [3.05, 3.63) is 38.5 Å². The number of hydrogen-bond acceptors (Lipinski definition) is 5. The van der Waals surface area contributed by atoms with Crippen LogP contribution in [0.15, 0.2) is 28.1 Å². The molecule has 1 heterocycles. The molecule has 0 atom stereocenters. The smallest absolute Gasteiger partial charge is 0.227 e. The Kier molecular flexibility index (Phi) is 6.51. The molecule has 2 aromatic rings. The molecular formula is C17H20BrNO4S. The topological polar surface area (TPSA) is 48.0 Å². The molecular weight excluding hydrogens is 394 g/mol. The second-order valence-electron chi connectivity index (χ2n) is 5.13. The molecule has 24 heavy (non-hydrogen) atoms. The molecule has 0 aliphatic rings. The van der Waals surface area contributed by atoms with Gasteiger partial charge in [-0.05, 0) is 34.1 Å². The molecule has 0 unspecified atom stereocenters. The molecule has 0 N–H and O–H groups in total. The van der Waals surface area contributed by atoms with Crippen LogP contribution in [0.3, 0.4) is 0 Å². The minimum atomic E-state index is 0.00467. The number of methoxy groups -OCH3 is 3. The van der Waals surface area contributed by atoms with E-state index in [4.69, 9.17) is 14.2 Å². The normalized spacial score (nSPS) is 10.4. The number of amides is 1. The summed E-state index contributed by atoms with van der Waals surface area (Å²) in [6.45, 7) is 0.574. The molecule has 0 radical (unpaired) electrons. The van der Waals surface area contributed by atoms with Crippen molar-refractivity contribution in [1.82, 2.24) is 4.90 Å². The summed E-state index contributed by atoms with van der Waals surface area (Å²) in [6.07, 6.45) is 0.229. The van der Waals surface area contributed by atoms with Crippen LogP contribution >= 0.6 is 27.3 Å². The average Bonchev–Trinajstić information content (AvgIpc) is 2.98. The van der Waals surface area contributed by atoms with E-state index < -0.39 is 0 Å². The highest BCUT2D eigenvalue weighted by molar-refractivity contribution is 9.11. The van der Waals surface area contributed by atoms with Crippen molar-refractivity contribution in [3.8, 4) is 17.2 Å². The van der Waals surface area contributed by atoms with Crippen molar-refractivity contribution >= 4 is 33.2 Å². The van der Waals surface area contributed by atoms with Gasteiger partial charge < -0.3 is 19.1 Å². The largest absolute Gasteiger partial charge is 0.493 e. The number of carbonyl (C=O) groups excluding carboxylic acids is 1. The first kappa shape index (κ1) is 18.6. The van der Waals surface area contributed by atoms with E-state index in [1.807, 2.05) is 18.2 Å². The number of rotatable bonds is 7. The lowest BCUT2D eigenvalue weighted by Crippen LogP contribution is -2.27. The van der Waals surface area contributed by atoms with Gasteiger partial charge in [-0.3, -0.25) is 4.79 Å². The van der Waals surface area contributed by atoms with E-state index >= 15 is 0 Å². The van der Waals surface area contributed by atoms with Gasteiger partial charge in [-0.15, -0.1) is 11.3 Å². The number of likely N-dealkylation sites (N-methyl/N-ethyl adjacent to an activating group) is 1. The Morgan fingerprint density at radius 1 is 1.08 bits per heavy atom. The quantitative estimate of drug-likeness (QED) is 0.693. The monoisotopic (exact) mass is 413 g/mol. The van der Waals surface area contributed by atoms with Crippen LogP contribution in [0.1, 0.15) is 10.4 Å². The van der Waals surface area contributed by atoms with Crippen molar-refractivity contribution in [1.29, 1.82) is 0 Å². The highest BCUT2D eigenvalue weighted by atomic mass is 79.9. The summed E-state index contributed by atoms with van der Waals surface area (Å²) in [5, 5.41) is 0. The van der Waals surface area contributed by atoms with Gasteiger partial charge in [0.25, 0.3) is 0 Å². The summed E-state index contributed by atoms with van der Waals surface area (Å²) in [6, 6.07) is 7.60. The van der Waals surface area contributed by atoms with Crippen molar-refractivity contribution in [2.24, 2.45) is 0 Å². The maximum absolute atomic E-state index is 12.5. The van der Waals surface area contributed by atoms with Crippen molar-refractivity contribution < 1.29 is 19.0 Å². The zero-order chi connectivity index (χ0) is 17.7.